The van der Waals surface area contributed by atoms with Crippen LogP contribution in [-0.4, -0.2) is 32.3 Å². The van der Waals surface area contributed by atoms with E-state index in [2.05, 4.69) is 5.32 Å². The van der Waals surface area contributed by atoms with Crippen molar-refractivity contribution in [2.75, 3.05) is 26.4 Å². The number of fused-ring (bicyclic) bond motifs is 1. The van der Waals surface area contributed by atoms with E-state index in [9.17, 15) is 4.79 Å². The Balaban J connectivity index is 1.39. The molecule has 1 atom stereocenters. The molecular weight excluding hydrogens is 318 g/mol. The van der Waals surface area contributed by atoms with Gasteiger partial charge in [-0.1, -0.05) is 30.3 Å². The molecule has 0 radical (unpaired) electrons. The topological polar surface area (TPSA) is 56.8 Å². The summed E-state index contributed by atoms with van der Waals surface area (Å²) in [5, 5.41) is 2.90. The van der Waals surface area contributed by atoms with Gasteiger partial charge in [0.05, 0.1) is 6.10 Å². The van der Waals surface area contributed by atoms with Gasteiger partial charge >= 0.3 is 0 Å². The largest absolute Gasteiger partial charge is 0.486 e. The van der Waals surface area contributed by atoms with Gasteiger partial charge in [0.2, 0.25) is 0 Å². The molecule has 2 aromatic carbocycles. The van der Waals surface area contributed by atoms with Crippen LogP contribution in [0, 0.1) is 0 Å². The molecule has 0 fully saturated rings. The third-order valence-electron chi connectivity index (χ3n) is 4.05. The Morgan fingerprint density at radius 3 is 2.68 bits per heavy atom. The number of rotatable bonds is 7. The minimum absolute atomic E-state index is 0.0506. The number of hydrogen-bond acceptors (Lipinski definition) is 4. The number of amides is 1. The van der Waals surface area contributed by atoms with E-state index in [-0.39, 0.29) is 12.0 Å². The van der Waals surface area contributed by atoms with Crippen LogP contribution in [0.4, 0.5) is 0 Å². The van der Waals surface area contributed by atoms with Gasteiger partial charge in [-0.3, -0.25) is 4.79 Å². The van der Waals surface area contributed by atoms with Crippen molar-refractivity contribution in [1.29, 1.82) is 0 Å². The molecule has 132 valence electrons. The van der Waals surface area contributed by atoms with Crippen LogP contribution < -0.4 is 14.8 Å². The Morgan fingerprint density at radius 2 is 1.88 bits per heavy atom. The zero-order valence-corrected chi connectivity index (χ0v) is 14.4. The smallest absolute Gasteiger partial charge is 0.251 e. The molecule has 1 aliphatic heterocycles. The second-order valence-electron chi connectivity index (χ2n) is 5.89. The number of nitrogens with one attached hydrogen (secondary N) is 1. The van der Waals surface area contributed by atoms with Crippen LogP contribution in [0.25, 0.3) is 0 Å². The zero-order chi connectivity index (χ0) is 17.5. The lowest BCUT2D eigenvalue weighted by Gasteiger charge is -2.18. The van der Waals surface area contributed by atoms with Crippen LogP contribution in [0.2, 0.25) is 0 Å². The van der Waals surface area contributed by atoms with Gasteiger partial charge in [-0.05, 0) is 37.1 Å². The van der Waals surface area contributed by atoms with Crippen molar-refractivity contribution in [1.82, 2.24) is 5.32 Å². The summed E-state index contributed by atoms with van der Waals surface area (Å²) in [5.74, 6) is 1.19. The van der Waals surface area contributed by atoms with E-state index in [1.165, 1.54) is 0 Å². The highest BCUT2D eigenvalue weighted by atomic mass is 16.6. The van der Waals surface area contributed by atoms with E-state index < -0.39 is 0 Å². The van der Waals surface area contributed by atoms with E-state index in [0.717, 1.165) is 12.0 Å². The summed E-state index contributed by atoms with van der Waals surface area (Å²) in [4.78, 5) is 12.2. The van der Waals surface area contributed by atoms with Gasteiger partial charge in [0.1, 0.15) is 13.2 Å². The minimum Gasteiger partial charge on any atom is -0.486 e. The fraction of sp³-hybridized carbons (Fsp3) is 0.350. The van der Waals surface area contributed by atoms with Crippen molar-refractivity contribution in [3.63, 3.8) is 0 Å². The van der Waals surface area contributed by atoms with Gasteiger partial charge in [-0.25, -0.2) is 0 Å². The third-order valence-corrected chi connectivity index (χ3v) is 4.05. The van der Waals surface area contributed by atoms with Crippen molar-refractivity contribution < 1.29 is 19.0 Å². The fourth-order valence-corrected chi connectivity index (χ4v) is 2.64. The van der Waals surface area contributed by atoms with E-state index in [0.29, 0.717) is 43.4 Å². The van der Waals surface area contributed by atoms with Gasteiger partial charge < -0.3 is 19.5 Å². The van der Waals surface area contributed by atoms with E-state index >= 15 is 0 Å². The first-order valence-corrected chi connectivity index (χ1v) is 8.58. The fourth-order valence-electron chi connectivity index (χ4n) is 2.64. The highest BCUT2D eigenvalue weighted by Gasteiger charge is 2.14. The van der Waals surface area contributed by atoms with E-state index in [1.54, 1.807) is 18.2 Å². The van der Waals surface area contributed by atoms with Crippen LogP contribution in [0.15, 0.2) is 48.5 Å². The van der Waals surface area contributed by atoms with Crippen LogP contribution in [0.1, 0.15) is 35.4 Å². The molecule has 0 aliphatic carbocycles. The van der Waals surface area contributed by atoms with Gasteiger partial charge in [-0.2, -0.15) is 0 Å². The van der Waals surface area contributed by atoms with Crippen molar-refractivity contribution in [3.8, 4) is 11.5 Å². The van der Waals surface area contributed by atoms with E-state index in [4.69, 9.17) is 14.2 Å². The second kappa shape index (κ2) is 8.53. The summed E-state index contributed by atoms with van der Waals surface area (Å²) in [6.07, 6.45) is 0.808. The highest BCUT2D eigenvalue weighted by Crippen LogP contribution is 2.30. The average Bonchev–Trinajstić information content (AvgIpc) is 2.67. The summed E-state index contributed by atoms with van der Waals surface area (Å²) in [6, 6.07) is 15.3. The summed E-state index contributed by atoms with van der Waals surface area (Å²) in [7, 11) is 0. The molecule has 25 heavy (non-hydrogen) atoms. The Morgan fingerprint density at radius 1 is 1.12 bits per heavy atom. The first kappa shape index (κ1) is 17.3. The molecule has 5 nitrogen and oxygen atoms in total. The van der Waals surface area contributed by atoms with Crippen LogP contribution >= 0.6 is 0 Å². The lowest BCUT2D eigenvalue weighted by molar-refractivity contribution is 0.0635. The van der Waals surface area contributed by atoms with Crippen LogP contribution in [-0.2, 0) is 4.74 Å². The number of carbonyl (C=O) groups is 1. The third kappa shape index (κ3) is 4.73. The first-order valence-electron chi connectivity index (χ1n) is 8.58. The van der Waals surface area contributed by atoms with Crippen LogP contribution in [0.5, 0.6) is 11.5 Å². The summed E-state index contributed by atoms with van der Waals surface area (Å²) >= 11 is 0. The van der Waals surface area contributed by atoms with Crippen LogP contribution in [0.3, 0.4) is 0 Å². The molecule has 2 aromatic rings. The van der Waals surface area contributed by atoms with Crippen molar-refractivity contribution >= 4 is 5.91 Å². The minimum atomic E-state index is -0.118. The lowest BCUT2D eigenvalue weighted by Crippen LogP contribution is -2.25. The summed E-state index contributed by atoms with van der Waals surface area (Å²) < 4.78 is 16.8. The Kier molecular flexibility index (Phi) is 5.90. The van der Waals surface area contributed by atoms with Gasteiger partial charge in [0.25, 0.3) is 5.91 Å². The van der Waals surface area contributed by atoms with Crippen molar-refractivity contribution in [2.45, 2.75) is 19.4 Å². The molecule has 0 spiro atoms. The standard InChI is InChI=1S/C20H23NO4/c1-15(16-6-3-2-4-7-16)23-11-5-10-21-20(22)17-8-9-18-19(14-17)25-13-12-24-18/h2-4,6-9,14-15H,5,10-13H2,1H3,(H,21,22). The van der Waals surface area contributed by atoms with Crippen molar-refractivity contribution in [2.24, 2.45) is 0 Å². The molecule has 1 aliphatic rings. The molecule has 0 saturated heterocycles. The number of ether oxygens (including phenoxy) is 3. The first-order chi connectivity index (χ1) is 12.2. The summed E-state index contributed by atoms with van der Waals surface area (Å²) in [5.41, 5.74) is 1.73. The van der Waals surface area contributed by atoms with Crippen molar-refractivity contribution in [3.05, 3.63) is 59.7 Å². The molecule has 1 heterocycles. The molecule has 1 unspecified atom stereocenters. The maximum Gasteiger partial charge on any atom is 0.251 e. The molecule has 3 rings (SSSR count). The van der Waals surface area contributed by atoms with Gasteiger partial charge in [0, 0.05) is 18.7 Å². The Hall–Kier alpha value is -2.53. The predicted octanol–water partition coefficient (Wildman–Crippen LogP) is 3.36. The quantitative estimate of drug-likeness (QED) is 0.785. The Labute approximate surface area is 147 Å². The normalized spacial score (nSPS) is 14.0. The maximum atomic E-state index is 12.2. The lowest BCUT2D eigenvalue weighted by atomic mass is 10.1. The molecule has 0 aromatic heterocycles. The number of carbonyl (C=O) groups excluding carboxylic acids is 1. The zero-order valence-electron chi connectivity index (χ0n) is 14.4. The molecule has 1 N–H and O–H groups in total. The maximum absolute atomic E-state index is 12.2. The van der Waals surface area contributed by atoms with E-state index in [1.807, 2.05) is 37.3 Å². The Bertz CT molecular complexity index is 702. The molecule has 0 bridgehead atoms. The predicted molar refractivity (Wildman–Crippen MR) is 95.2 cm³/mol. The molecule has 0 saturated carbocycles. The molecule has 1 amide bonds. The highest BCUT2D eigenvalue weighted by molar-refractivity contribution is 5.94. The molecule has 5 heteroatoms. The van der Waals surface area contributed by atoms with Gasteiger partial charge in [-0.15, -0.1) is 0 Å². The molecular formula is C20H23NO4. The number of benzene rings is 2. The SMILES string of the molecule is CC(OCCCNC(=O)c1ccc2c(c1)OCCO2)c1ccccc1. The van der Waals surface area contributed by atoms with Gasteiger partial charge in [0.15, 0.2) is 11.5 Å². The number of hydrogen-bond donors (Lipinski definition) is 1. The average molecular weight is 341 g/mol. The monoisotopic (exact) mass is 341 g/mol. The second-order valence-corrected chi connectivity index (χ2v) is 5.89. The summed E-state index contributed by atoms with van der Waals surface area (Å²) in [6.45, 7) is 4.24.